The van der Waals surface area contributed by atoms with Gasteiger partial charge in [0.2, 0.25) is 0 Å². The van der Waals surface area contributed by atoms with E-state index in [1.165, 1.54) is 11.6 Å². The fraction of sp³-hybridized carbons (Fsp3) is 0.727. The summed E-state index contributed by atoms with van der Waals surface area (Å²) in [6, 6.07) is 0. The van der Waals surface area contributed by atoms with E-state index < -0.39 is 18.4 Å². The van der Waals surface area contributed by atoms with Crippen LogP contribution in [0, 0.1) is 0 Å². The van der Waals surface area contributed by atoms with Crippen molar-refractivity contribution in [3.63, 3.8) is 0 Å². The van der Waals surface area contributed by atoms with E-state index in [2.05, 4.69) is 10.3 Å². The lowest BCUT2D eigenvalue weighted by molar-refractivity contribution is -0.146. The van der Waals surface area contributed by atoms with Crippen LogP contribution in [0.5, 0.6) is 0 Å². The normalized spacial score (nSPS) is 27.2. The maximum atomic E-state index is 10.7. The fourth-order valence-corrected chi connectivity index (χ4v) is 1.95. The van der Waals surface area contributed by atoms with Gasteiger partial charge in [0.05, 0.1) is 25.0 Å². The van der Waals surface area contributed by atoms with Gasteiger partial charge in [-0.2, -0.15) is 0 Å². The second-order valence-electron chi connectivity index (χ2n) is 4.49. The smallest absolute Gasteiger partial charge is 0.303 e. The number of esters is 1. The molecular formula is C11H17N3O5. The first-order valence-corrected chi connectivity index (χ1v) is 6.07. The molecule has 8 heteroatoms. The molecule has 2 heterocycles. The Morgan fingerprint density at radius 1 is 1.63 bits per heavy atom. The van der Waals surface area contributed by atoms with Crippen LogP contribution in [0.15, 0.2) is 6.20 Å². The number of rotatable bonds is 4. The number of aliphatic hydroxyl groups is 2. The zero-order valence-corrected chi connectivity index (χ0v) is 10.6. The minimum atomic E-state index is -0.544. The van der Waals surface area contributed by atoms with Crippen molar-refractivity contribution in [2.24, 2.45) is 0 Å². The summed E-state index contributed by atoms with van der Waals surface area (Å²) in [6.07, 6.45) is 0.959. The molecule has 3 unspecified atom stereocenters. The standard InChI is InChI=1S/C11H17N3O5/c1-7(16)18-6-8-4-14(13-12-8)11-3-9(17)2-10(5-15)19-11/h4,9-11,15,17H,2-3,5-6H2,1H3. The Bertz CT molecular complexity index is 436. The van der Waals surface area contributed by atoms with E-state index in [9.17, 15) is 9.90 Å². The molecule has 2 N–H and O–H groups in total. The van der Waals surface area contributed by atoms with Gasteiger partial charge in [0.15, 0.2) is 6.23 Å². The molecule has 0 bridgehead atoms. The number of ether oxygens (including phenoxy) is 2. The minimum Gasteiger partial charge on any atom is -0.459 e. The molecule has 1 aromatic heterocycles. The lowest BCUT2D eigenvalue weighted by Gasteiger charge is -2.31. The van der Waals surface area contributed by atoms with Crippen LogP contribution < -0.4 is 0 Å². The molecule has 8 nitrogen and oxygen atoms in total. The van der Waals surface area contributed by atoms with E-state index in [1.807, 2.05) is 0 Å². The van der Waals surface area contributed by atoms with Crippen molar-refractivity contribution >= 4 is 5.97 Å². The molecule has 1 saturated heterocycles. The van der Waals surface area contributed by atoms with Crippen molar-refractivity contribution in [1.82, 2.24) is 15.0 Å². The number of hydrogen-bond acceptors (Lipinski definition) is 7. The Morgan fingerprint density at radius 2 is 2.42 bits per heavy atom. The Labute approximate surface area is 109 Å². The summed E-state index contributed by atoms with van der Waals surface area (Å²) in [4.78, 5) is 10.7. The number of aromatic nitrogens is 3. The molecule has 0 amide bonds. The first kappa shape index (κ1) is 13.9. The Morgan fingerprint density at radius 3 is 3.11 bits per heavy atom. The van der Waals surface area contributed by atoms with Gasteiger partial charge in [0.1, 0.15) is 12.3 Å². The van der Waals surface area contributed by atoms with E-state index in [-0.39, 0.29) is 19.2 Å². The van der Waals surface area contributed by atoms with Crippen LogP contribution in [0.3, 0.4) is 0 Å². The van der Waals surface area contributed by atoms with E-state index in [1.54, 1.807) is 6.20 Å². The summed E-state index contributed by atoms with van der Waals surface area (Å²) < 4.78 is 11.8. The average Bonchev–Trinajstić information content (AvgIpc) is 2.84. The third kappa shape index (κ3) is 3.72. The maximum absolute atomic E-state index is 10.7. The molecule has 1 aromatic rings. The van der Waals surface area contributed by atoms with Crippen LogP contribution in [-0.4, -0.2) is 50.0 Å². The molecule has 0 aliphatic carbocycles. The van der Waals surface area contributed by atoms with Crippen LogP contribution in [0.25, 0.3) is 0 Å². The third-order valence-electron chi connectivity index (χ3n) is 2.84. The Hall–Kier alpha value is -1.51. The zero-order valence-electron chi connectivity index (χ0n) is 10.6. The summed E-state index contributed by atoms with van der Waals surface area (Å²) in [5, 5.41) is 26.5. The van der Waals surface area contributed by atoms with Gasteiger partial charge in [0, 0.05) is 19.8 Å². The molecule has 1 fully saturated rings. The van der Waals surface area contributed by atoms with Crippen LogP contribution in [0.2, 0.25) is 0 Å². The van der Waals surface area contributed by atoms with Crippen molar-refractivity contribution < 1.29 is 24.5 Å². The highest BCUT2D eigenvalue weighted by molar-refractivity contribution is 5.65. The van der Waals surface area contributed by atoms with Gasteiger partial charge in [-0.1, -0.05) is 5.21 Å². The molecule has 1 aliphatic rings. The van der Waals surface area contributed by atoms with E-state index in [0.29, 0.717) is 18.5 Å². The third-order valence-corrected chi connectivity index (χ3v) is 2.84. The molecule has 0 saturated carbocycles. The van der Waals surface area contributed by atoms with Gasteiger partial charge in [-0.3, -0.25) is 4.79 Å². The molecule has 19 heavy (non-hydrogen) atoms. The zero-order chi connectivity index (χ0) is 13.8. The van der Waals surface area contributed by atoms with Crippen LogP contribution >= 0.6 is 0 Å². The van der Waals surface area contributed by atoms with Crippen molar-refractivity contribution in [1.29, 1.82) is 0 Å². The molecule has 2 rings (SSSR count). The topological polar surface area (TPSA) is 107 Å². The molecule has 0 spiro atoms. The quantitative estimate of drug-likeness (QED) is 0.702. The summed E-state index contributed by atoms with van der Waals surface area (Å²) in [5.74, 6) is -0.390. The fourth-order valence-electron chi connectivity index (χ4n) is 1.95. The summed E-state index contributed by atoms with van der Waals surface area (Å²) in [7, 11) is 0. The number of nitrogens with zero attached hydrogens (tertiary/aromatic N) is 3. The minimum absolute atomic E-state index is 0.0496. The SMILES string of the molecule is CC(=O)OCc1cn(C2CC(O)CC(CO)O2)nn1. The van der Waals surface area contributed by atoms with Gasteiger partial charge in [-0.15, -0.1) is 5.10 Å². The number of aliphatic hydroxyl groups excluding tert-OH is 2. The lowest BCUT2D eigenvalue weighted by atomic mass is 10.1. The number of carbonyl (C=O) groups excluding carboxylic acids is 1. The van der Waals surface area contributed by atoms with Gasteiger partial charge >= 0.3 is 5.97 Å². The van der Waals surface area contributed by atoms with E-state index in [4.69, 9.17) is 14.6 Å². The van der Waals surface area contributed by atoms with Crippen molar-refractivity contribution in [3.8, 4) is 0 Å². The molecular weight excluding hydrogens is 254 g/mol. The largest absolute Gasteiger partial charge is 0.459 e. The molecule has 3 atom stereocenters. The molecule has 1 aliphatic heterocycles. The van der Waals surface area contributed by atoms with Gasteiger partial charge < -0.3 is 19.7 Å². The van der Waals surface area contributed by atoms with Gasteiger partial charge in [0.25, 0.3) is 0 Å². The van der Waals surface area contributed by atoms with Crippen LogP contribution in [0.4, 0.5) is 0 Å². The maximum Gasteiger partial charge on any atom is 0.303 e. The van der Waals surface area contributed by atoms with Gasteiger partial charge in [-0.25, -0.2) is 4.68 Å². The molecule has 0 aromatic carbocycles. The lowest BCUT2D eigenvalue weighted by Crippen LogP contribution is -2.36. The van der Waals surface area contributed by atoms with Crippen molar-refractivity contribution in [2.45, 2.75) is 44.8 Å². The van der Waals surface area contributed by atoms with E-state index >= 15 is 0 Å². The van der Waals surface area contributed by atoms with Crippen molar-refractivity contribution in [2.75, 3.05) is 6.61 Å². The second-order valence-corrected chi connectivity index (χ2v) is 4.49. The highest BCUT2D eigenvalue weighted by atomic mass is 16.5. The Balaban J connectivity index is 1.99. The molecule has 0 radical (unpaired) electrons. The van der Waals surface area contributed by atoms with Gasteiger partial charge in [-0.05, 0) is 0 Å². The summed E-state index contributed by atoms with van der Waals surface area (Å²) in [5.41, 5.74) is 0.499. The average molecular weight is 271 g/mol. The second kappa shape index (κ2) is 6.09. The summed E-state index contributed by atoms with van der Waals surface area (Å²) >= 11 is 0. The first-order chi connectivity index (χ1) is 9.08. The van der Waals surface area contributed by atoms with Crippen LogP contribution in [0.1, 0.15) is 31.7 Å². The van der Waals surface area contributed by atoms with E-state index in [0.717, 1.165) is 0 Å². The molecule has 106 valence electrons. The number of carbonyl (C=O) groups is 1. The monoisotopic (exact) mass is 271 g/mol. The highest BCUT2D eigenvalue weighted by Crippen LogP contribution is 2.26. The first-order valence-electron chi connectivity index (χ1n) is 6.07. The van der Waals surface area contributed by atoms with Crippen molar-refractivity contribution in [3.05, 3.63) is 11.9 Å². The Kier molecular flexibility index (Phi) is 4.46. The predicted octanol–water partition coefficient (Wildman–Crippen LogP) is -0.628. The van der Waals surface area contributed by atoms with Crippen LogP contribution in [-0.2, 0) is 20.9 Å². The predicted molar refractivity (Wildman–Crippen MR) is 61.7 cm³/mol. The summed E-state index contributed by atoms with van der Waals surface area (Å²) in [6.45, 7) is 1.22. The highest BCUT2D eigenvalue weighted by Gasteiger charge is 2.29. The number of hydrogen-bond donors (Lipinski definition) is 2.